The van der Waals surface area contributed by atoms with Crippen LogP contribution >= 0.6 is 11.6 Å². The summed E-state index contributed by atoms with van der Waals surface area (Å²) in [6.07, 6.45) is -1.09. The molecule has 1 aromatic carbocycles. The van der Waals surface area contributed by atoms with Crippen molar-refractivity contribution in [2.45, 2.75) is 39.4 Å². The highest BCUT2D eigenvalue weighted by atomic mass is 35.5. The Labute approximate surface area is 102 Å². The summed E-state index contributed by atoms with van der Waals surface area (Å²) in [6, 6.07) is 7.33. The lowest BCUT2D eigenvalue weighted by molar-refractivity contribution is -0.0434. The first kappa shape index (κ1) is 13.5. The van der Waals surface area contributed by atoms with Crippen molar-refractivity contribution in [2.75, 3.05) is 0 Å². The Morgan fingerprint density at radius 3 is 2.38 bits per heavy atom. The standard InChI is InChI=1S/C13H19ClO2/c1-13(2,3)12(16)11(15)8-9-5-4-6-10(14)7-9/h4-7,11-12,15-16H,8H2,1-3H3. The van der Waals surface area contributed by atoms with Crippen LogP contribution in [0, 0.1) is 5.41 Å². The first-order valence-corrected chi connectivity index (χ1v) is 5.79. The number of aliphatic hydroxyl groups is 2. The van der Waals surface area contributed by atoms with E-state index in [1.807, 2.05) is 32.9 Å². The molecule has 0 aliphatic rings. The summed E-state index contributed by atoms with van der Waals surface area (Å²) >= 11 is 5.85. The molecule has 0 amide bonds. The molecule has 90 valence electrons. The Morgan fingerprint density at radius 2 is 1.88 bits per heavy atom. The molecule has 0 fully saturated rings. The van der Waals surface area contributed by atoms with Crippen LogP contribution in [0.25, 0.3) is 0 Å². The SMILES string of the molecule is CC(C)(C)C(O)C(O)Cc1cccc(Cl)c1. The van der Waals surface area contributed by atoms with E-state index in [9.17, 15) is 10.2 Å². The molecule has 2 N–H and O–H groups in total. The minimum Gasteiger partial charge on any atom is -0.390 e. The highest BCUT2D eigenvalue weighted by molar-refractivity contribution is 6.30. The second-order valence-electron chi connectivity index (χ2n) is 5.21. The lowest BCUT2D eigenvalue weighted by Gasteiger charge is -2.30. The monoisotopic (exact) mass is 242 g/mol. The van der Waals surface area contributed by atoms with E-state index in [1.54, 1.807) is 12.1 Å². The summed E-state index contributed by atoms with van der Waals surface area (Å²) < 4.78 is 0. The molecule has 0 radical (unpaired) electrons. The summed E-state index contributed by atoms with van der Waals surface area (Å²) in [5.74, 6) is 0. The van der Waals surface area contributed by atoms with Crippen molar-refractivity contribution >= 4 is 11.6 Å². The fourth-order valence-electron chi connectivity index (χ4n) is 1.59. The van der Waals surface area contributed by atoms with Gasteiger partial charge in [0.1, 0.15) is 0 Å². The van der Waals surface area contributed by atoms with Crippen LogP contribution in [0.4, 0.5) is 0 Å². The van der Waals surface area contributed by atoms with E-state index in [0.717, 1.165) is 5.56 Å². The summed E-state index contributed by atoms with van der Waals surface area (Å²) in [6.45, 7) is 5.70. The van der Waals surface area contributed by atoms with Gasteiger partial charge in [0, 0.05) is 11.4 Å². The second kappa shape index (κ2) is 5.17. The van der Waals surface area contributed by atoms with Gasteiger partial charge in [-0.3, -0.25) is 0 Å². The highest BCUT2D eigenvalue weighted by Gasteiger charge is 2.28. The number of hydrogen-bond donors (Lipinski definition) is 2. The molecule has 0 aliphatic carbocycles. The Balaban J connectivity index is 2.68. The number of rotatable bonds is 3. The molecule has 2 unspecified atom stereocenters. The van der Waals surface area contributed by atoms with Crippen molar-refractivity contribution < 1.29 is 10.2 Å². The van der Waals surface area contributed by atoms with Crippen LogP contribution in [0.15, 0.2) is 24.3 Å². The molecule has 0 saturated heterocycles. The van der Waals surface area contributed by atoms with Crippen molar-refractivity contribution in [3.05, 3.63) is 34.9 Å². The molecular formula is C13H19ClO2. The molecule has 0 spiro atoms. The van der Waals surface area contributed by atoms with E-state index in [4.69, 9.17) is 11.6 Å². The maximum atomic E-state index is 9.90. The molecule has 0 aromatic heterocycles. The van der Waals surface area contributed by atoms with Crippen LogP contribution in [0.3, 0.4) is 0 Å². The quantitative estimate of drug-likeness (QED) is 0.856. The Hall–Kier alpha value is -0.570. The minimum atomic E-state index is -0.765. The molecule has 1 aromatic rings. The largest absolute Gasteiger partial charge is 0.390 e. The molecule has 3 heteroatoms. The molecule has 0 aliphatic heterocycles. The third kappa shape index (κ3) is 3.78. The molecule has 2 atom stereocenters. The third-order valence-corrected chi connectivity index (χ3v) is 2.82. The number of hydrogen-bond acceptors (Lipinski definition) is 2. The average Bonchev–Trinajstić information content (AvgIpc) is 2.15. The van der Waals surface area contributed by atoms with E-state index < -0.39 is 12.2 Å². The van der Waals surface area contributed by atoms with Crippen LogP contribution in [-0.2, 0) is 6.42 Å². The van der Waals surface area contributed by atoms with E-state index in [0.29, 0.717) is 11.4 Å². The van der Waals surface area contributed by atoms with Gasteiger partial charge in [-0.25, -0.2) is 0 Å². The molecule has 2 nitrogen and oxygen atoms in total. The zero-order valence-electron chi connectivity index (χ0n) is 9.94. The summed E-state index contributed by atoms with van der Waals surface area (Å²) in [7, 11) is 0. The number of halogens is 1. The van der Waals surface area contributed by atoms with Crippen LogP contribution in [0.5, 0.6) is 0 Å². The van der Waals surface area contributed by atoms with Crippen LogP contribution in [0.2, 0.25) is 5.02 Å². The van der Waals surface area contributed by atoms with Crippen molar-refractivity contribution in [3.8, 4) is 0 Å². The van der Waals surface area contributed by atoms with E-state index in [-0.39, 0.29) is 5.41 Å². The number of aliphatic hydroxyl groups excluding tert-OH is 2. The van der Waals surface area contributed by atoms with E-state index in [2.05, 4.69) is 0 Å². The first-order valence-electron chi connectivity index (χ1n) is 5.41. The van der Waals surface area contributed by atoms with Crippen LogP contribution < -0.4 is 0 Å². The van der Waals surface area contributed by atoms with Gasteiger partial charge in [-0.15, -0.1) is 0 Å². The molecule has 16 heavy (non-hydrogen) atoms. The molecular weight excluding hydrogens is 224 g/mol. The molecule has 0 heterocycles. The highest BCUT2D eigenvalue weighted by Crippen LogP contribution is 2.24. The fourth-order valence-corrected chi connectivity index (χ4v) is 1.81. The minimum absolute atomic E-state index is 0.321. The van der Waals surface area contributed by atoms with Crippen LogP contribution in [0.1, 0.15) is 26.3 Å². The van der Waals surface area contributed by atoms with Gasteiger partial charge in [0.2, 0.25) is 0 Å². The molecule has 0 bridgehead atoms. The fraction of sp³-hybridized carbons (Fsp3) is 0.538. The predicted octanol–water partition coefficient (Wildman–Crippen LogP) is 2.65. The molecule has 1 rings (SSSR count). The van der Waals surface area contributed by atoms with Gasteiger partial charge >= 0.3 is 0 Å². The van der Waals surface area contributed by atoms with Gasteiger partial charge in [0.05, 0.1) is 12.2 Å². The first-order chi connectivity index (χ1) is 7.30. The van der Waals surface area contributed by atoms with Gasteiger partial charge in [-0.2, -0.15) is 0 Å². The third-order valence-electron chi connectivity index (χ3n) is 2.59. The average molecular weight is 243 g/mol. The smallest absolute Gasteiger partial charge is 0.0850 e. The summed E-state index contributed by atoms with van der Waals surface area (Å²) in [5.41, 5.74) is 0.612. The van der Waals surface area contributed by atoms with Gasteiger partial charge in [-0.05, 0) is 23.1 Å². The second-order valence-corrected chi connectivity index (χ2v) is 5.65. The Morgan fingerprint density at radius 1 is 1.25 bits per heavy atom. The normalized spacial score (nSPS) is 15.9. The molecule has 0 saturated carbocycles. The van der Waals surface area contributed by atoms with E-state index in [1.165, 1.54) is 0 Å². The van der Waals surface area contributed by atoms with Gasteiger partial charge in [-0.1, -0.05) is 44.5 Å². The maximum Gasteiger partial charge on any atom is 0.0850 e. The predicted molar refractivity (Wildman–Crippen MR) is 66.6 cm³/mol. The van der Waals surface area contributed by atoms with Gasteiger partial charge in [0.25, 0.3) is 0 Å². The zero-order chi connectivity index (χ0) is 12.3. The Kier molecular flexibility index (Phi) is 4.36. The topological polar surface area (TPSA) is 40.5 Å². The zero-order valence-corrected chi connectivity index (χ0v) is 10.7. The lowest BCUT2D eigenvalue weighted by Crippen LogP contribution is -2.38. The summed E-state index contributed by atoms with van der Waals surface area (Å²) in [4.78, 5) is 0. The van der Waals surface area contributed by atoms with Gasteiger partial charge < -0.3 is 10.2 Å². The van der Waals surface area contributed by atoms with Gasteiger partial charge in [0.15, 0.2) is 0 Å². The van der Waals surface area contributed by atoms with Crippen LogP contribution in [-0.4, -0.2) is 22.4 Å². The number of benzene rings is 1. The maximum absolute atomic E-state index is 9.90. The van der Waals surface area contributed by atoms with Crippen molar-refractivity contribution in [1.29, 1.82) is 0 Å². The Bertz CT molecular complexity index is 344. The van der Waals surface area contributed by atoms with Crippen molar-refractivity contribution in [3.63, 3.8) is 0 Å². The summed E-state index contributed by atoms with van der Waals surface area (Å²) in [5, 5.41) is 20.5. The lowest BCUT2D eigenvalue weighted by atomic mass is 9.84. The van der Waals surface area contributed by atoms with Crippen molar-refractivity contribution in [2.24, 2.45) is 5.41 Å². The van der Waals surface area contributed by atoms with Crippen molar-refractivity contribution in [1.82, 2.24) is 0 Å². The van der Waals surface area contributed by atoms with E-state index >= 15 is 0 Å².